The smallest absolute Gasteiger partial charge is 0.462 e. The minimum absolute atomic E-state index is 0.0594. The van der Waals surface area contributed by atoms with E-state index in [0.29, 0.717) is 27.9 Å². The number of hydrogen-bond donors (Lipinski definition) is 1. The maximum Gasteiger partial charge on any atom is 0.573 e. The van der Waals surface area contributed by atoms with Crippen LogP contribution in [-0.2, 0) is 4.74 Å². The van der Waals surface area contributed by atoms with Crippen molar-refractivity contribution in [3.8, 4) is 11.5 Å². The Kier molecular flexibility index (Phi) is 4.77. The molecule has 1 amide bonds. The van der Waals surface area contributed by atoms with E-state index in [1.54, 1.807) is 42.0 Å². The van der Waals surface area contributed by atoms with Gasteiger partial charge < -0.3 is 24.8 Å². The van der Waals surface area contributed by atoms with Crippen LogP contribution in [0.25, 0.3) is 16.6 Å². The number of hydrogen-bond acceptors (Lipinski definition) is 7. The van der Waals surface area contributed by atoms with Crippen LogP contribution in [0.15, 0.2) is 42.9 Å². The number of halogens is 4. The molecule has 1 fully saturated rings. The van der Waals surface area contributed by atoms with E-state index < -0.39 is 42.3 Å². The van der Waals surface area contributed by atoms with E-state index >= 15 is 0 Å². The fraction of sp³-hybridized carbons (Fsp3) is 0.261. The van der Waals surface area contributed by atoms with Gasteiger partial charge in [-0.3, -0.25) is 9.20 Å². The molecule has 0 saturated carbocycles. The Bertz CT molecular complexity index is 1540. The molecule has 0 spiro atoms. The van der Waals surface area contributed by atoms with Gasteiger partial charge in [0.2, 0.25) is 6.29 Å². The van der Waals surface area contributed by atoms with Crippen molar-refractivity contribution in [1.82, 2.24) is 19.3 Å². The van der Waals surface area contributed by atoms with Crippen molar-refractivity contribution in [1.29, 1.82) is 0 Å². The van der Waals surface area contributed by atoms with E-state index in [1.807, 2.05) is 0 Å². The lowest BCUT2D eigenvalue weighted by molar-refractivity contribution is -0.275. The zero-order chi connectivity index (χ0) is 25.4. The highest BCUT2D eigenvalue weighted by Crippen LogP contribution is 2.47. The van der Waals surface area contributed by atoms with Crippen LogP contribution in [0, 0.1) is 5.82 Å². The van der Waals surface area contributed by atoms with Crippen molar-refractivity contribution in [3.05, 3.63) is 59.8 Å². The summed E-state index contributed by atoms with van der Waals surface area (Å²) in [7, 11) is 0. The van der Waals surface area contributed by atoms with Gasteiger partial charge in [0.15, 0.2) is 11.6 Å². The van der Waals surface area contributed by atoms with Gasteiger partial charge in [-0.1, -0.05) is 0 Å². The van der Waals surface area contributed by atoms with Gasteiger partial charge in [0.05, 0.1) is 29.7 Å². The van der Waals surface area contributed by atoms with Gasteiger partial charge >= 0.3 is 6.36 Å². The van der Waals surface area contributed by atoms with Crippen LogP contribution in [0.3, 0.4) is 0 Å². The number of carbonyl (C=O) groups excluding carboxylic acids is 1. The number of imidazole rings is 1. The Morgan fingerprint density at radius 3 is 2.81 bits per heavy atom. The van der Waals surface area contributed by atoms with Gasteiger partial charge in [0, 0.05) is 23.7 Å². The number of amides is 1. The lowest BCUT2D eigenvalue weighted by atomic mass is 10.0. The molecular formula is C23H17F4N5O4. The van der Waals surface area contributed by atoms with Crippen molar-refractivity contribution >= 4 is 28.3 Å². The fourth-order valence-corrected chi connectivity index (χ4v) is 4.68. The van der Waals surface area contributed by atoms with Gasteiger partial charge in [-0.15, -0.1) is 13.2 Å². The molecule has 186 valence electrons. The molecule has 2 N–H and O–H groups in total. The topological polar surface area (TPSA) is 104 Å². The van der Waals surface area contributed by atoms with Gasteiger partial charge in [-0.05, 0) is 31.2 Å². The molecule has 0 bridgehead atoms. The minimum atomic E-state index is -5.08. The first-order chi connectivity index (χ1) is 17.1. The van der Waals surface area contributed by atoms with Crippen LogP contribution in [0.5, 0.6) is 11.5 Å². The molecule has 9 nitrogen and oxygen atoms in total. The quantitative estimate of drug-likeness (QED) is 0.415. The highest BCUT2D eigenvalue weighted by Gasteiger charge is 2.47. The Morgan fingerprint density at radius 2 is 2.03 bits per heavy atom. The molecule has 4 aromatic rings. The van der Waals surface area contributed by atoms with Gasteiger partial charge in [0.25, 0.3) is 5.91 Å². The minimum Gasteiger partial charge on any atom is -0.462 e. The normalized spacial score (nSPS) is 21.4. The van der Waals surface area contributed by atoms with E-state index in [2.05, 4.69) is 14.7 Å². The van der Waals surface area contributed by atoms with Crippen LogP contribution in [0.2, 0.25) is 0 Å². The Labute approximate surface area is 200 Å². The second kappa shape index (κ2) is 7.68. The Hall–Kier alpha value is -4.13. The zero-order valence-electron chi connectivity index (χ0n) is 18.5. The largest absolute Gasteiger partial charge is 0.573 e. The highest BCUT2D eigenvalue weighted by atomic mass is 19.4. The molecule has 2 aromatic heterocycles. The number of anilines is 1. The summed E-state index contributed by atoms with van der Waals surface area (Å²) in [5.41, 5.74) is 8.20. The average Bonchev–Trinajstić information content (AvgIpc) is 3.43. The third-order valence-electron chi connectivity index (χ3n) is 6.15. The number of rotatable bonds is 2. The van der Waals surface area contributed by atoms with Gasteiger partial charge in [-0.25, -0.2) is 14.4 Å². The first-order valence-corrected chi connectivity index (χ1v) is 10.8. The number of carbonyl (C=O) groups is 1. The lowest BCUT2D eigenvalue weighted by Crippen LogP contribution is -2.51. The van der Waals surface area contributed by atoms with Crippen molar-refractivity contribution in [2.45, 2.75) is 31.7 Å². The summed E-state index contributed by atoms with van der Waals surface area (Å²) in [5, 5.41) is 0. The number of morpholine rings is 1. The predicted molar refractivity (Wildman–Crippen MR) is 117 cm³/mol. The summed E-state index contributed by atoms with van der Waals surface area (Å²) < 4.78 is 69.4. The Morgan fingerprint density at radius 1 is 1.22 bits per heavy atom. The summed E-state index contributed by atoms with van der Waals surface area (Å²) in [6.07, 6.45) is -3.45. The lowest BCUT2D eigenvalue weighted by Gasteiger charge is -2.39. The zero-order valence-corrected chi connectivity index (χ0v) is 18.5. The maximum absolute atomic E-state index is 14.5. The van der Waals surface area contributed by atoms with E-state index in [9.17, 15) is 22.4 Å². The molecule has 2 aliphatic rings. The van der Waals surface area contributed by atoms with Crippen molar-refractivity contribution in [2.75, 3.05) is 12.3 Å². The highest BCUT2D eigenvalue weighted by molar-refractivity contribution is 5.98. The second-order valence-corrected chi connectivity index (χ2v) is 8.55. The van der Waals surface area contributed by atoms with E-state index in [4.69, 9.17) is 15.2 Å². The first-order valence-electron chi connectivity index (χ1n) is 10.8. The number of nitrogens with two attached hydrogens (primary N) is 1. The van der Waals surface area contributed by atoms with Crippen LogP contribution >= 0.6 is 0 Å². The van der Waals surface area contributed by atoms with Crippen LogP contribution < -0.4 is 15.2 Å². The van der Waals surface area contributed by atoms with E-state index in [0.717, 1.165) is 12.1 Å². The molecule has 6 rings (SSSR count). The number of nitrogens with zero attached hydrogens (tertiary/aromatic N) is 4. The van der Waals surface area contributed by atoms with Gasteiger partial charge in [0.1, 0.15) is 23.1 Å². The van der Waals surface area contributed by atoms with E-state index in [1.165, 1.54) is 4.90 Å². The summed E-state index contributed by atoms with van der Waals surface area (Å²) in [4.78, 5) is 23.6. The molecule has 13 heteroatoms. The van der Waals surface area contributed by atoms with Crippen molar-refractivity contribution in [3.63, 3.8) is 0 Å². The number of fused-ring (bicyclic) bond motifs is 6. The molecule has 1 saturated heterocycles. The third-order valence-corrected chi connectivity index (χ3v) is 6.15. The molecule has 0 radical (unpaired) electrons. The molecule has 3 atom stereocenters. The molecule has 36 heavy (non-hydrogen) atoms. The molecule has 0 unspecified atom stereocenters. The molecule has 0 aliphatic carbocycles. The first kappa shape index (κ1) is 22.3. The second-order valence-electron chi connectivity index (χ2n) is 8.55. The van der Waals surface area contributed by atoms with Crippen molar-refractivity contribution in [2.24, 2.45) is 0 Å². The molecule has 2 aromatic carbocycles. The summed E-state index contributed by atoms with van der Waals surface area (Å²) in [6, 6.07) is 5.70. The van der Waals surface area contributed by atoms with Crippen molar-refractivity contribution < 1.29 is 36.6 Å². The third kappa shape index (κ3) is 3.54. The summed E-state index contributed by atoms with van der Waals surface area (Å²) in [6.45, 7) is 1.87. The van der Waals surface area contributed by atoms with Gasteiger partial charge in [-0.2, -0.15) is 0 Å². The summed E-state index contributed by atoms with van der Waals surface area (Å²) >= 11 is 0. The molecular weight excluding hydrogens is 486 g/mol. The molecule has 4 heterocycles. The van der Waals surface area contributed by atoms with Crippen LogP contribution in [0.1, 0.15) is 28.9 Å². The maximum atomic E-state index is 14.5. The summed E-state index contributed by atoms with van der Waals surface area (Å²) in [5.74, 6) is -2.44. The Balaban J connectivity index is 1.40. The average molecular weight is 503 g/mol. The standard InChI is InChI=1S/C23H17F4N5O4/c1-10-8-31(19-12-5-13(24)18(36-23(25,26)27)6-17(12)35-22(19)34-10)21(33)11-2-3-14-15(4-11)32-9-29-7-16(32)20(28)30-14/h2-7,9-10,19,22H,8H2,1H3,(H2,28,30)/t10-,19+,22-/m1/s1. The monoisotopic (exact) mass is 503 g/mol. The predicted octanol–water partition coefficient (Wildman–Crippen LogP) is 3.82. The molecule has 2 aliphatic heterocycles. The number of aromatic nitrogens is 3. The van der Waals surface area contributed by atoms with Crippen LogP contribution in [0.4, 0.5) is 23.4 Å². The fourth-order valence-electron chi connectivity index (χ4n) is 4.68. The SMILES string of the molecule is C[C@@H]1CN(C(=O)c2ccc3nc(N)c4cncn4c3c2)[C@H]2c3cc(F)c(OC(F)(F)F)cc3O[C@H]2O1. The number of ether oxygens (including phenoxy) is 3. The van der Waals surface area contributed by atoms with Crippen LogP contribution in [-0.4, -0.2) is 50.5 Å². The number of benzene rings is 2. The number of alkyl halides is 3. The number of nitrogen functional groups attached to an aromatic ring is 1. The van der Waals surface area contributed by atoms with E-state index in [-0.39, 0.29) is 17.9 Å².